The van der Waals surface area contributed by atoms with Gasteiger partial charge in [-0.25, -0.2) is 9.07 Å². The van der Waals surface area contributed by atoms with Crippen LogP contribution in [-0.2, 0) is 6.54 Å². The van der Waals surface area contributed by atoms with Gasteiger partial charge >= 0.3 is 0 Å². The maximum absolute atomic E-state index is 14.1. The fourth-order valence-electron chi connectivity index (χ4n) is 3.96. The van der Waals surface area contributed by atoms with Gasteiger partial charge in [0.25, 0.3) is 17.4 Å². The summed E-state index contributed by atoms with van der Waals surface area (Å²) < 4.78 is 15.5. The Hall–Kier alpha value is -3.26. The van der Waals surface area contributed by atoms with Gasteiger partial charge in [0.1, 0.15) is 5.82 Å². The lowest BCUT2D eigenvalue weighted by atomic mass is 10.1. The topological polar surface area (TPSA) is 75.5 Å². The highest BCUT2D eigenvalue weighted by atomic mass is 35.5. The van der Waals surface area contributed by atoms with Gasteiger partial charge in [-0.3, -0.25) is 14.4 Å². The zero-order valence-corrected chi connectivity index (χ0v) is 19.2. The molecule has 0 radical (unpaired) electrons. The summed E-state index contributed by atoms with van der Waals surface area (Å²) in [5, 5.41) is 5.64. The zero-order chi connectivity index (χ0) is 23.7. The van der Waals surface area contributed by atoms with Crippen LogP contribution in [0.5, 0.6) is 0 Å². The van der Waals surface area contributed by atoms with Crippen LogP contribution in [-0.4, -0.2) is 57.6 Å². The highest BCUT2D eigenvalue weighted by Gasteiger charge is 2.29. The quantitative estimate of drug-likeness (QED) is 0.585. The number of hydrogen-bond donors (Lipinski definition) is 0. The summed E-state index contributed by atoms with van der Waals surface area (Å²) in [7, 11) is 0. The average Bonchev–Trinajstić information content (AvgIpc) is 2.81. The van der Waals surface area contributed by atoms with E-state index in [0.29, 0.717) is 17.3 Å². The van der Waals surface area contributed by atoms with E-state index in [1.807, 2.05) is 13.8 Å². The van der Waals surface area contributed by atoms with E-state index in [2.05, 4.69) is 5.10 Å². The number of aromatic nitrogens is 2. The van der Waals surface area contributed by atoms with Gasteiger partial charge in [0, 0.05) is 43.1 Å². The van der Waals surface area contributed by atoms with Crippen molar-refractivity contribution in [3.8, 4) is 0 Å². The minimum atomic E-state index is -0.633. The lowest BCUT2D eigenvalue weighted by molar-refractivity contribution is 0.0529. The van der Waals surface area contributed by atoms with Crippen LogP contribution in [0.25, 0.3) is 10.8 Å². The second kappa shape index (κ2) is 9.31. The van der Waals surface area contributed by atoms with Gasteiger partial charge < -0.3 is 9.80 Å². The molecule has 33 heavy (non-hydrogen) atoms. The Labute approximate surface area is 195 Å². The molecule has 1 aliphatic rings. The van der Waals surface area contributed by atoms with Crippen molar-refractivity contribution >= 4 is 34.2 Å². The molecular formula is C24H24ClFN4O3. The van der Waals surface area contributed by atoms with Gasteiger partial charge in [-0.2, -0.15) is 5.10 Å². The summed E-state index contributed by atoms with van der Waals surface area (Å²) in [5.74, 6) is -1.22. The van der Waals surface area contributed by atoms with Crippen LogP contribution in [0.1, 0.15) is 34.7 Å². The van der Waals surface area contributed by atoms with Crippen molar-refractivity contribution in [2.45, 2.75) is 20.4 Å². The molecule has 0 aliphatic carbocycles. The molecule has 1 fully saturated rings. The number of rotatable bonds is 4. The highest BCUT2D eigenvalue weighted by molar-refractivity contribution is 6.31. The number of piperazine rings is 1. The number of carbonyl (C=O) groups is 2. The van der Waals surface area contributed by atoms with Crippen LogP contribution in [0.4, 0.5) is 4.39 Å². The predicted octanol–water partition coefficient (Wildman–Crippen LogP) is 3.44. The van der Waals surface area contributed by atoms with E-state index in [0.717, 1.165) is 6.07 Å². The van der Waals surface area contributed by atoms with Crippen molar-refractivity contribution in [2.24, 2.45) is 5.92 Å². The number of carbonyl (C=O) groups excluding carboxylic acids is 2. The molecule has 1 saturated heterocycles. The molecule has 3 aromatic rings. The minimum absolute atomic E-state index is 0.0873. The molecule has 2 amide bonds. The maximum Gasteiger partial charge on any atom is 0.275 e. The molecule has 0 atom stereocenters. The van der Waals surface area contributed by atoms with Crippen LogP contribution in [0.2, 0.25) is 5.02 Å². The molecule has 2 aromatic carbocycles. The third kappa shape index (κ3) is 4.61. The lowest BCUT2D eigenvalue weighted by Gasteiger charge is -2.34. The number of halogens is 2. The largest absolute Gasteiger partial charge is 0.335 e. The smallest absolute Gasteiger partial charge is 0.275 e. The molecule has 7 nitrogen and oxygen atoms in total. The monoisotopic (exact) mass is 470 g/mol. The average molecular weight is 471 g/mol. The number of fused-ring (bicyclic) bond motifs is 1. The van der Waals surface area contributed by atoms with E-state index in [4.69, 9.17) is 11.6 Å². The predicted molar refractivity (Wildman–Crippen MR) is 124 cm³/mol. The molecule has 0 saturated carbocycles. The number of nitrogens with zero attached hydrogens (tertiary/aromatic N) is 4. The van der Waals surface area contributed by atoms with Crippen molar-refractivity contribution in [3.63, 3.8) is 0 Å². The Morgan fingerprint density at radius 3 is 2.24 bits per heavy atom. The summed E-state index contributed by atoms with van der Waals surface area (Å²) in [5.41, 5.74) is -0.1000. The first-order valence-corrected chi connectivity index (χ1v) is 11.2. The summed E-state index contributed by atoms with van der Waals surface area (Å²) in [4.78, 5) is 42.1. The van der Waals surface area contributed by atoms with Crippen LogP contribution >= 0.6 is 11.6 Å². The minimum Gasteiger partial charge on any atom is -0.335 e. The van der Waals surface area contributed by atoms with Crippen LogP contribution in [0.3, 0.4) is 0 Å². The van der Waals surface area contributed by atoms with Crippen molar-refractivity contribution in [1.82, 2.24) is 19.6 Å². The second-order valence-corrected chi connectivity index (χ2v) is 8.92. The third-order valence-corrected chi connectivity index (χ3v) is 5.86. The van der Waals surface area contributed by atoms with Crippen molar-refractivity contribution in [3.05, 3.63) is 74.9 Å². The number of hydrogen-bond acceptors (Lipinski definition) is 4. The van der Waals surface area contributed by atoms with E-state index >= 15 is 0 Å². The Bertz CT molecular complexity index is 1280. The van der Waals surface area contributed by atoms with Crippen LogP contribution in [0, 0.1) is 11.7 Å². The Morgan fingerprint density at radius 2 is 1.61 bits per heavy atom. The summed E-state index contributed by atoms with van der Waals surface area (Å²) >= 11 is 5.91. The molecular weight excluding hydrogens is 447 g/mol. The van der Waals surface area contributed by atoms with E-state index in [1.54, 1.807) is 29.2 Å². The van der Waals surface area contributed by atoms with E-state index in [1.165, 1.54) is 21.7 Å². The van der Waals surface area contributed by atoms with Crippen molar-refractivity contribution in [1.29, 1.82) is 0 Å². The van der Waals surface area contributed by atoms with E-state index in [9.17, 15) is 18.8 Å². The summed E-state index contributed by atoms with van der Waals surface area (Å²) in [6, 6.07) is 10.8. The Balaban J connectivity index is 1.57. The third-order valence-electron chi connectivity index (χ3n) is 5.62. The number of benzene rings is 2. The molecule has 0 bridgehead atoms. The molecule has 172 valence electrons. The van der Waals surface area contributed by atoms with Gasteiger partial charge in [0.2, 0.25) is 0 Å². The first-order chi connectivity index (χ1) is 15.8. The maximum atomic E-state index is 14.1. The molecule has 4 rings (SSSR count). The molecule has 2 heterocycles. The van der Waals surface area contributed by atoms with Crippen LogP contribution in [0.15, 0.2) is 47.3 Å². The van der Waals surface area contributed by atoms with Gasteiger partial charge in [-0.05, 0) is 30.2 Å². The summed E-state index contributed by atoms with van der Waals surface area (Å²) in [6.45, 7) is 5.39. The second-order valence-electron chi connectivity index (χ2n) is 8.48. The Kier molecular flexibility index (Phi) is 6.47. The fraction of sp³-hybridized carbons (Fsp3) is 0.333. The van der Waals surface area contributed by atoms with Gasteiger partial charge in [-0.15, -0.1) is 0 Å². The zero-order valence-electron chi connectivity index (χ0n) is 18.4. The lowest BCUT2D eigenvalue weighted by Crippen LogP contribution is -2.51. The van der Waals surface area contributed by atoms with Crippen molar-refractivity contribution in [2.75, 3.05) is 26.2 Å². The molecule has 1 aromatic heterocycles. The summed E-state index contributed by atoms with van der Waals surface area (Å²) in [6.07, 6.45) is 0. The van der Waals surface area contributed by atoms with Crippen molar-refractivity contribution < 1.29 is 14.0 Å². The van der Waals surface area contributed by atoms with Gasteiger partial charge in [-0.1, -0.05) is 43.6 Å². The van der Waals surface area contributed by atoms with Crippen LogP contribution < -0.4 is 5.56 Å². The number of amides is 2. The first-order valence-electron chi connectivity index (χ1n) is 10.8. The normalized spacial score (nSPS) is 14.2. The Morgan fingerprint density at radius 1 is 1.00 bits per heavy atom. The molecule has 1 aliphatic heterocycles. The molecule has 0 unspecified atom stereocenters. The molecule has 0 N–H and O–H groups in total. The standard InChI is InChI=1S/C24H24ClFN4O3/c1-15(2)14-30-23(32)18-6-4-3-5-17(18)21(27-30)24(33)29-11-9-28(10-12-29)22(31)19-13-16(25)7-8-20(19)26/h3-8,13,15H,9-12,14H2,1-2H3. The fourth-order valence-corrected chi connectivity index (χ4v) is 4.13. The molecule has 9 heteroatoms. The van der Waals surface area contributed by atoms with Gasteiger partial charge in [0.05, 0.1) is 10.9 Å². The SMILES string of the molecule is CC(C)Cn1nc(C(=O)N2CCN(C(=O)c3cc(Cl)ccc3F)CC2)c2ccccc2c1=O. The molecule has 0 spiro atoms. The highest BCUT2D eigenvalue weighted by Crippen LogP contribution is 2.20. The van der Waals surface area contributed by atoms with E-state index in [-0.39, 0.29) is 59.8 Å². The van der Waals surface area contributed by atoms with Gasteiger partial charge in [0.15, 0.2) is 5.69 Å². The van der Waals surface area contributed by atoms with E-state index < -0.39 is 11.7 Å². The first kappa shape index (κ1) is 22.9.